The Labute approximate surface area is 240 Å². The van der Waals surface area contributed by atoms with Gasteiger partial charge in [-0.25, -0.2) is 4.79 Å². The van der Waals surface area contributed by atoms with E-state index >= 15 is 0 Å². The van der Waals surface area contributed by atoms with Gasteiger partial charge in [0.1, 0.15) is 17.7 Å². The van der Waals surface area contributed by atoms with Crippen LogP contribution in [0.3, 0.4) is 0 Å². The average molecular weight is 550 g/mol. The predicted octanol–water partition coefficient (Wildman–Crippen LogP) is 6.72. The summed E-state index contributed by atoms with van der Waals surface area (Å²) >= 11 is 0. The molecule has 2 aromatic carbocycles. The van der Waals surface area contributed by atoms with Crippen molar-refractivity contribution in [2.45, 2.75) is 105 Å². The summed E-state index contributed by atoms with van der Waals surface area (Å²) in [5.41, 5.74) is 3.86. The zero-order valence-corrected chi connectivity index (χ0v) is 25.6. The van der Waals surface area contributed by atoms with E-state index in [1.165, 1.54) is 0 Å². The average Bonchev–Trinajstić information content (AvgIpc) is 3.58. The number of alkyl carbamates (subject to hydrolysis) is 1. The summed E-state index contributed by atoms with van der Waals surface area (Å²) in [5.74, 6) is -0.159. The van der Waals surface area contributed by atoms with Crippen LogP contribution in [-0.4, -0.2) is 40.5 Å². The number of carbonyl (C=O) groups excluding carboxylic acids is 3. The van der Waals surface area contributed by atoms with Crippen LogP contribution in [0.1, 0.15) is 89.6 Å². The van der Waals surface area contributed by atoms with Gasteiger partial charge in [-0.05, 0) is 88.0 Å². The quantitative estimate of drug-likeness (QED) is 0.344. The standard InChI is InChI=1S/C33H47N3O4/c1-10-24-14-16-25(17-15-24)29(30(37)35-28-21(4)12-11-13-22(28)5)36(27-19-23(27)6)31(38)26(18-20(2)3)34-32(39)40-33(7,8)9/h11-17,20,23,26-27,29H,10,18-19H2,1-9H3,(H,34,39)(H,35,37). The molecule has 2 aromatic rings. The smallest absolute Gasteiger partial charge is 0.408 e. The van der Waals surface area contributed by atoms with Crippen molar-refractivity contribution in [1.82, 2.24) is 10.2 Å². The number of hydrogen-bond acceptors (Lipinski definition) is 4. The van der Waals surface area contributed by atoms with Gasteiger partial charge in [-0.2, -0.15) is 0 Å². The number of rotatable bonds is 10. The molecular weight excluding hydrogens is 502 g/mol. The summed E-state index contributed by atoms with van der Waals surface area (Å²) in [4.78, 5) is 43.1. The number of benzene rings is 2. The Bertz CT molecular complexity index is 1180. The lowest BCUT2D eigenvalue weighted by Crippen LogP contribution is -2.53. The van der Waals surface area contributed by atoms with Gasteiger partial charge in [-0.3, -0.25) is 9.59 Å². The van der Waals surface area contributed by atoms with Crippen LogP contribution in [0.25, 0.3) is 0 Å². The highest BCUT2D eigenvalue weighted by Gasteiger charge is 2.48. The van der Waals surface area contributed by atoms with Crippen molar-refractivity contribution in [3.05, 3.63) is 64.7 Å². The molecule has 3 rings (SSSR count). The van der Waals surface area contributed by atoms with E-state index in [-0.39, 0.29) is 29.7 Å². The molecule has 1 fully saturated rings. The topological polar surface area (TPSA) is 87.7 Å². The van der Waals surface area contributed by atoms with Crippen molar-refractivity contribution in [3.63, 3.8) is 0 Å². The highest BCUT2D eigenvalue weighted by molar-refractivity contribution is 6.00. The molecule has 40 heavy (non-hydrogen) atoms. The highest BCUT2D eigenvalue weighted by atomic mass is 16.6. The molecule has 0 spiro atoms. The molecule has 4 atom stereocenters. The third-order valence-corrected chi connectivity index (χ3v) is 7.33. The van der Waals surface area contributed by atoms with Gasteiger partial charge in [-0.1, -0.05) is 70.2 Å². The Morgan fingerprint density at radius 2 is 1.60 bits per heavy atom. The molecule has 0 aliphatic heterocycles. The maximum Gasteiger partial charge on any atom is 0.408 e. The fourth-order valence-electron chi connectivity index (χ4n) is 5.07. The van der Waals surface area contributed by atoms with E-state index in [1.807, 2.05) is 70.2 Å². The van der Waals surface area contributed by atoms with E-state index < -0.39 is 23.8 Å². The number of carbonyl (C=O) groups is 3. The fourth-order valence-corrected chi connectivity index (χ4v) is 5.07. The number of ether oxygens (including phenoxy) is 1. The summed E-state index contributed by atoms with van der Waals surface area (Å²) in [6, 6.07) is 12.0. The lowest BCUT2D eigenvalue weighted by Gasteiger charge is -2.35. The van der Waals surface area contributed by atoms with Crippen LogP contribution in [-0.2, 0) is 20.7 Å². The minimum Gasteiger partial charge on any atom is -0.444 e. The molecular formula is C33H47N3O4. The molecule has 218 valence electrons. The maximum absolute atomic E-state index is 14.4. The van der Waals surface area contributed by atoms with E-state index in [0.29, 0.717) is 6.42 Å². The molecule has 4 unspecified atom stereocenters. The molecule has 0 heterocycles. The van der Waals surface area contributed by atoms with Gasteiger partial charge in [0.25, 0.3) is 5.91 Å². The van der Waals surface area contributed by atoms with Gasteiger partial charge in [0.2, 0.25) is 5.91 Å². The van der Waals surface area contributed by atoms with E-state index in [4.69, 9.17) is 4.74 Å². The fraction of sp³-hybridized carbons (Fsp3) is 0.545. The number of amides is 3. The van der Waals surface area contributed by atoms with Gasteiger partial charge in [0.15, 0.2) is 0 Å². The summed E-state index contributed by atoms with van der Waals surface area (Å²) in [6.45, 7) is 17.5. The molecule has 7 heteroatoms. The van der Waals surface area contributed by atoms with Crippen molar-refractivity contribution in [2.24, 2.45) is 11.8 Å². The molecule has 0 radical (unpaired) electrons. The molecule has 1 aliphatic rings. The third-order valence-electron chi connectivity index (χ3n) is 7.33. The van der Waals surface area contributed by atoms with Crippen molar-refractivity contribution in [1.29, 1.82) is 0 Å². The summed E-state index contributed by atoms with van der Waals surface area (Å²) in [6.07, 6.45) is 1.46. The Kier molecular flexibility index (Phi) is 10.0. The second-order valence-corrected chi connectivity index (χ2v) is 12.6. The Morgan fingerprint density at radius 3 is 2.08 bits per heavy atom. The van der Waals surface area contributed by atoms with Gasteiger partial charge in [0.05, 0.1) is 0 Å². The molecule has 0 aromatic heterocycles. The van der Waals surface area contributed by atoms with Crippen LogP contribution in [0.5, 0.6) is 0 Å². The minimum absolute atomic E-state index is 0.109. The zero-order valence-electron chi connectivity index (χ0n) is 25.6. The lowest BCUT2D eigenvalue weighted by molar-refractivity contribution is -0.142. The second kappa shape index (κ2) is 12.9. The van der Waals surface area contributed by atoms with Crippen LogP contribution in [0.4, 0.5) is 10.5 Å². The monoisotopic (exact) mass is 549 g/mol. The van der Waals surface area contributed by atoms with Crippen LogP contribution >= 0.6 is 0 Å². The summed E-state index contributed by atoms with van der Waals surface area (Å²) in [5, 5.41) is 5.98. The Balaban J connectivity index is 2.06. The summed E-state index contributed by atoms with van der Waals surface area (Å²) in [7, 11) is 0. The molecule has 0 bridgehead atoms. The minimum atomic E-state index is -0.859. The largest absolute Gasteiger partial charge is 0.444 e. The second-order valence-electron chi connectivity index (χ2n) is 12.6. The van der Waals surface area contributed by atoms with Gasteiger partial charge >= 0.3 is 6.09 Å². The number of hydrogen-bond donors (Lipinski definition) is 2. The third kappa shape index (κ3) is 8.09. The normalized spacial score (nSPS) is 18.1. The van der Waals surface area contributed by atoms with Crippen molar-refractivity contribution in [3.8, 4) is 0 Å². The molecule has 1 saturated carbocycles. The zero-order chi connectivity index (χ0) is 29.8. The highest BCUT2D eigenvalue weighted by Crippen LogP contribution is 2.41. The molecule has 7 nitrogen and oxygen atoms in total. The van der Waals surface area contributed by atoms with Crippen LogP contribution in [0.2, 0.25) is 0 Å². The lowest BCUT2D eigenvalue weighted by atomic mass is 9.97. The molecule has 2 N–H and O–H groups in total. The first-order chi connectivity index (χ1) is 18.7. The molecule has 1 aliphatic carbocycles. The van der Waals surface area contributed by atoms with E-state index in [1.54, 1.807) is 25.7 Å². The predicted molar refractivity (Wildman–Crippen MR) is 160 cm³/mol. The van der Waals surface area contributed by atoms with E-state index in [0.717, 1.165) is 40.8 Å². The molecule has 3 amide bonds. The van der Waals surface area contributed by atoms with Crippen molar-refractivity contribution < 1.29 is 19.1 Å². The van der Waals surface area contributed by atoms with Crippen LogP contribution < -0.4 is 10.6 Å². The van der Waals surface area contributed by atoms with Gasteiger partial charge in [-0.15, -0.1) is 0 Å². The molecule has 0 saturated heterocycles. The Morgan fingerprint density at radius 1 is 1.02 bits per heavy atom. The van der Waals surface area contributed by atoms with Crippen LogP contribution in [0, 0.1) is 25.7 Å². The van der Waals surface area contributed by atoms with E-state index in [9.17, 15) is 14.4 Å². The number of anilines is 1. The maximum atomic E-state index is 14.4. The van der Waals surface area contributed by atoms with Crippen molar-refractivity contribution >= 4 is 23.6 Å². The SMILES string of the molecule is CCc1ccc(C(C(=O)Nc2c(C)cccc2C)N(C(=O)C(CC(C)C)NC(=O)OC(C)(C)C)C2CC2C)cc1. The number of aryl methyl sites for hydroxylation is 3. The first-order valence-electron chi connectivity index (χ1n) is 14.5. The van der Waals surface area contributed by atoms with Crippen molar-refractivity contribution in [2.75, 3.05) is 5.32 Å². The number of para-hydroxylation sites is 1. The first-order valence-corrected chi connectivity index (χ1v) is 14.5. The van der Waals surface area contributed by atoms with E-state index in [2.05, 4.69) is 24.5 Å². The van der Waals surface area contributed by atoms with Crippen LogP contribution in [0.15, 0.2) is 42.5 Å². The number of nitrogens with zero attached hydrogens (tertiary/aromatic N) is 1. The van der Waals surface area contributed by atoms with Gasteiger partial charge in [0, 0.05) is 11.7 Å². The Hall–Kier alpha value is -3.35. The summed E-state index contributed by atoms with van der Waals surface area (Å²) < 4.78 is 5.50. The van der Waals surface area contributed by atoms with Gasteiger partial charge < -0.3 is 20.3 Å². The first kappa shape index (κ1) is 31.2. The number of nitrogens with one attached hydrogen (secondary N) is 2.